The summed E-state index contributed by atoms with van der Waals surface area (Å²) in [6.07, 6.45) is 0. The molecule has 0 spiro atoms. The summed E-state index contributed by atoms with van der Waals surface area (Å²) < 4.78 is 12.7. The lowest BCUT2D eigenvalue weighted by molar-refractivity contribution is 0.0946. The maximum absolute atomic E-state index is 12.2. The van der Waals surface area contributed by atoms with Gasteiger partial charge in [0.05, 0.1) is 29.8 Å². The smallest absolute Gasteiger partial charge is 0.252 e. The summed E-state index contributed by atoms with van der Waals surface area (Å²) in [6, 6.07) is 17.8. The molecular weight excluding hydrogens is 406 g/mol. The minimum absolute atomic E-state index is 0.237. The molecule has 0 saturated carbocycles. The van der Waals surface area contributed by atoms with Crippen molar-refractivity contribution in [2.75, 3.05) is 20.3 Å². The van der Waals surface area contributed by atoms with E-state index in [9.17, 15) is 4.79 Å². The van der Waals surface area contributed by atoms with E-state index < -0.39 is 0 Å². The number of ether oxygens (including phenoxy) is 2. The van der Waals surface area contributed by atoms with Gasteiger partial charge in [-0.1, -0.05) is 35.9 Å². The predicted molar refractivity (Wildman–Crippen MR) is 112 cm³/mol. The van der Waals surface area contributed by atoms with Gasteiger partial charge < -0.3 is 14.8 Å². The molecule has 30 heavy (non-hydrogen) atoms. The first-order valence-electron chi connectivity index (χ1n) is 9.19. The van der Waals surface area contributed by atoms with Crippen molar-refractivity contribution in [2.24, 2.45) is 0 Å². The first-order chi connectivity index (χ1) is 14.7. The Morgan fingerprint density at radius 1 is 1.07 bits per heavy atom. The highest BCUT2D eigenvalue weighted by molar-refractivity contribution is 6.33. The van der Waals surface area contributed by atoms with Gasteiger partial charge in [-0.25, -0.2) is 0 Å². The first kappa shape index (κ1) is 19.7. The molecular formula is C21H18ClN5O3. The molecule has 2 aromatic heterocycles. The summed E-state index contributed by atoms with van der Waals surface area (Å²) >= 11 is 6.03. The minimum atomic E-state index is -0.259. The number of benzene rings is 2. The number of nitrogens with one attached hydrogen (secondary N) is 1. The van der Waals surface area contributed by atoms with Gasteiger partial charge in [-0.2, -0.15) is 4.52 Å². The Bertz CT molecular complexity index is 1190. The minimum Gasteiger partial charge on any atom is -0.496 e. The van der Waals surface area contributed by atoms with Gasteiger partial charge in [0.15, 0.2) is 11.5 Å². The molecule has 152 valence electrons. The van der Waals surface area contributed by atoms with Crippen molar-refractivity contribution in [1.82, 2.24) is 25.1 Å². The molecule has 4 rings (SSSR count). The average molecular weight is 424 g/mol. The van der Waals surface area contributed by atoms with E-state index in [-0.39, 0.29) is 12.5 Å². The van der Waals surface area contributed by atoms with Crippen molar-refractivity contribution in [1.29, 1.82) is 0 Å². The summed E-state index contributed by atoms with van der Waals surface area (Å²) in [5.74, 6) is 1.33. The van der Waals surface area contributed by atoms with Crippen LogP contribution in [0.4, 0.5) is 0 Å². The molecule has 2 heterocycles. The summed E-state index contributed by atoms with van der Waals surface area (Å²) in [5, 5.41) is 16.0. The monoisotopic (exact) mass is 423 g/mol. The van der Waals surface area contributed by atoms with E-state index in [0.717, 1.165) is 5.56 Å². The fourth-order valence-electron chi connectivity index (χ4n) is 2.91. The number of carbonyl (C=O) groups excluding carboxylic acids is 1. The second-order valence-electron chi connectivity index (χ2n) is 6.25. The van der Waals surface area contributed by atoms with Crippen molar-refractivity contribution < 1.29 is 14.3 Å². The molecule has 4 aromatic rings. The van der Waals surface area contributed by atoms with Crippen molar-refractivity contribution in [3.8, 4) is 23.0 Å². The van der Waals surface area contributed by atoms with E-state index in [1.165, 1.54) is 0 Å². The third kappa shape index (κ3) is 4.04. The Morgan fingerprint density at radius 2 is 1.87 bits per heavy atom. The van der Waals surface area contributed by atoms with Crippen LogP contribution < -0.4 is 14.8 Å². The van der Waals surface area contributed by atoms with Gasteiger partial charge >= 0.3 is 0 Å². The number of aromatic nitrogens is 4. The lowest BCUT2D eigenvalue weighted by Crippen LogP contribution is -2.28. The van der Waals surface area contributed by atoms with Crippen LogP contribution in [0.1, 0.15) is 10.4 Å². The summed E-state index contributed by atoms with van der Waals surface area (Å²) in [4.78, 5) is 12.2. The van der Waals surface area contributed by atoms with Crippen LogP contribution in [0.5, 0.6) is 11.6 Å². The molecule has 9 heteroatoms. The Labute approximate surface area is 177 Å². The van der Waals surface area contributed by atoms with Crippen molar-refractivity contribution >= 4 is 23.2 Å². The third-order valence-electron chi connectivity index (χ3n) is 4.34. The van der Waals surface area contributed by atoms with Crippen LogP contribution in [0, 0.1) is 0 Å². The number of fused-ring (bicyclic) bond motifs is 1. The van der Waals surface area contributed by atoms with Crippen LogP contribution in [-0.4, -0.2) is 46.0 Å². The number of carbonyl (C=O) groups is 1. The van der Waals surface area contributed by atoms with E-state index >= 15 is 0 Å². The summed E-state index contributed by atoms with van der Waals surface area (Å²) in [5.41, 5.74) is 1.77. The molecule has 0 unspecified atom stereocenters. The number of para-hydroxylation sites is 1. The van der Waals surface area contributed by atoms with Gasteiger partial charge in [-0.15, -0.1) is 15.3 Å². The maximum Gasteiger partial charge on any atom is 0.252 e. The molecule has 0 aliphatic carbocycles. The molecule has 0 saturated heterocycles. The van der Waals surface area contributed by atoms with E-state index in [2.05, 4.69) is 20.6 Å². The summed E-state index contributed by atoms with van der Waals surface area (Å²) in [6.45, 7) is 0.534. The van der Waals surface area contributed by atoms with Crippen LogP contribution >= 0.6 is 11.6 Å². The van der Waals surface area contributed by atoms with Gasteiger partial charge in [0.1, 0.15) is 12.4 Å². The molecule has 0 bridgehead atoms. The first-order valence-corrected chi connectivity index (χ1v) is 9.56. The van der Waals surface area contributed by atoms with Gasteiger partial charge in [-0.3, -0.25) is 4.79 Å². The van der Waals surface area contributed by atoms with Crippen LogP contribution in [0.25, 0.3) is 17.0 Å². The number of halogens is 1. The van der Waals surface area contributed by atoms with Crippen LogP contribution in [0.15, 0.2) is 60.7 Å². The lowest BCUT2D eigenvalue weighted by atomic mass is 10.2. The van der Waals surface area contributed by atoms with E-state index in [1.807, 2.05) is 24.3 Å². The largest absolute Gasteiger partial charge is 0.496 e. The lowest BCUT2D eigenvalue weighted by Gasteiger charge is -2.09. The maximum atomic E-state index is 12.2. The third-order valence-corrected chi connectivity index (χ3v) is 4.67. The SMILES string of the molecule is COc1ccccc1-c1nnc2ccc(OCCNC(=O)c3ccccc3Cl)nn12. The van der Waals surface area contributed by atoms with Gasteiger partial charge in [0.2, 0.25) is 5.88 Å². The molecule has 0 fully saturated rings. The fourth-order valence-corrected chi connectivity index (χ4v) is 3.13. The van der Waals surface area contributed by atoms with E-state index in [4.69, 9.17) is 21.1 Å². The van der Waals surface area contributed by atoms with Crippen LogP contribution in [-0.2, 0) is 0 Å². The molecule has 1 N–H and O–H groups in total. The van der Waals surface area contributed by atoms with E-state index in [0.29, 0.717) is 40.2 Å². The molecule has 8 nitrogen and oxygen atoms in total. The molecule has 0 aliphatic heterocycles. The Kier molecular flexibility index (Phi) is 5.76. The van der Waals surface area contributed by atoms with Gasteiger partial charge in [0.25, 0.3) is 5.91 Å². The van der Waals surface area contributed by atoms with Crippen LogP contribution in [0.2, 0.25) is 5.02 Å². The highest BCUT2D eigenvalue weighted by Crippen LogP contribution is 2.28. The number of hydrogen-bond donors (Lipinski definition) is 1. The Balaban J connectivity index is 1.44. The van der Waals surface area contributed by atoms with Gasteiger partial charge in [-0.05, 0) is 30.3 Å². The average Bonchev–Trinajstić information content (AvgIpc) is 3.20. The number of hydrogen-bond acceptors (Lipinski definition) is 6. The predicted octanol–water partition coefficient (Wildman–Crippen LogP) is 3.26. The molecule has 0 aliphatic rings. The Hall–Kier alpha value is -3.65. The fraction of sp³-hybridized carbons (Fsp3) is 0.143. The van der Waals surface area contributed by atoms with Crippen molar-refractivity contribution in [2.45, 2.75) is 0 Å². The number of methoxy groups -OCH3 is 1. The number of rotatable bonds is 7. The standard InChI is InChI=1S/C21H18ClN5O3/c1-29-17-9-5-3-7-15(17)20-25-24-18-10-11-19(26-27(18)20)30-13-12-23-21(28)14-6-2-4-8-16(14)22/h2-11H,12-13H2,1H3,(H,23,28). The highest BCUT2D eigenvalue weighted by atomic mass is 35.5. The van der Waals surface area contributed by atoms with E-state index in [1.54, 1.807) is 48.0 Å². The molecule has 1 amide bonds. The molecule has 0 atom stereocenters. The van der Waals surface area contributed by atoms with Crippen molar-refractivity contribution in [3.63, 3.8) is 0 Å². The molecule has 0 radical (unpaired) electrons. The number of nitrogens with zero attached hydrogens (tertiary/aromatic N) is 4. The normalized spacial score (nSPS) is 10.7. The Morgan fingerprint density at radius 3 is 2.70 bits per heavy atom. The van der Waals surface area contributed by atoms with Crippen molar-refractivity contribution in [3.05, 3.63) is 71.2 Å². The quantitative estimate of drug-likeness (QED) is 0.459. The summed E-state index contributed by atoms with van der Waals surface area (Å²) in [7, 11) is 1.60. The topological polar surface area (TPSA) is 90.6 Å². The molecule has 2 aromatic carbocycles. The zero-order chi connectivity index (χ0) is 20.9. The second-order valence-corrected chi connectivity index (χ2v) is 6.66. The van der Waals surface area contributed by atoms with Gasteiger partial charge in [0, 0.05) is 6.07 Å². The highest BCUT2D eigenvalue weighted by Gasteiger charge is 2.14. The zero-order valence-corrected chi connectivity index (χ0v) is 16.8. The number of amides is 1. The zero-order valence-electron chi connectivity index (χ0n) is 16.1. The van der Waals surface area contributed by atoms with Crippen LogP contribution in [0.3, 0.4) is 0 Å². The second kappa shape index (κ2) is 8.79.